The van der Waals surface area contributed by atoms with Crippen LogP contribution in [0, 0.1) is 5.41 Å². The van der Waals surface area contributed by atoms with Crippen LogP contribution in [0.2, 0.25) is 0 Å². The minimum absolute atomic E-state index is 0.106. The van der Waals surface area contributed by atoms with Crippen molar-refractivity contribution in [1.82, 2.24) is 10.0 Å². The molecule has 0 bridgehead atoms. The molecule has 110 valence electrons. The molecule has 0 aliphatic heterocycles. The highest BCUT2D eigenvalue weighted by Gasteiger charge is 2.27. The summed E-state index contributed by atoms with van der Waals surface area (Å²) in [5.41, 5.74) is -0.106. The van der Waals surface area contributed by atoms with Gasteiger partial charge in [0.25, 0.3) is 0 Å². The molecule has 4 nitrogen and oxygen atoms in total. The molecule has 1 atom stereocenters. The van der Waals surface area contributed by atoms with Crippen LogP contribution in [0.25, 0.3) is 0 Å². The number of sulfonamides is 1. The lowest BCUT2D eigenvalue weighted by Crippen LogP contribution is -2.41. The zero-order chi connectivity index (χ0) is 14.7. The molecule has 0 aromatic carbocycles. The van der Waals surface area contributed by atoms with E-state index in [1.807, 2.05) is 40.0 Å². The van der Waals surface area contributed by atoms with Gasteiger partial charge in [0.05, 0.1) is 4.90 Å². The smallest absolute Gasteiger partial charge is 0.241 e. The number of rotatable bonds is 6. The monoisotopic (exact) mass is 304 g/mol. The molecule has 0 fully saturated rings. The predicted octanol–water partition coefficient (Wildman–Crippen LogP) is 2.57. The zero-order valence-corrected chi connectivity index (χ0v) is 13.9. The molecule has 1 heterocycles. The Kier molecular flexibility index (Phi) is 5.55. The summed E-state index contributed by atoms with van der Waals surface area (Å²) >= 11 is 1.47. The molecule has 0 saturated carbocycles. The molecule has 1 aromatic heterocycles. The lowest BCUT2D eigenvalue weighted by Gasteiger charge is -2.27. The van der Waals surface area contributed by atoms with Crippen LogP contribution in [0.3, 0.4) is 0 Å². The van der Waals surface area contributed by atoms with E-state index in [1.54, 1.807) is 6.07 Å². The Hall–Kier alpha value is -0.430. The van der Waals surface area contributed by atoms with Crippen LogP contribution in [0.15, 0.2) is 16.3 Å². The highest BCUT2D eigenvalue weighted by molar-refractivity contribution is 7.89. The van der Waals surface area contributed by atoms with E-state index in [4.69, 9.17) is 0 Å². The normalized spacial score (nSPS) is 14.6. The second kappa shape index (κ2) is 6.35. The Labute approximate surface area is 120 Å². The van der Waals surface area contributed by atoms with Gasteiger partial charge in [0.2, 0.25) is 10.0 Å². The van der Waals surface area contributed by atoms with Crippen LogP contribution in [-0.4, -0.2) is 21.0 Å². The molecule has 1 rings (SSSR count). The van der Waals surface area contributed by atoms with Crippen molar-refractivity contribution in [1.29, 1.82) is 0 Å². The van der Waals surface area contributed by atoms with Gasteiger partial charge in [0, 0.05) is 17.5 Å². The summed E-state index contributed by atoms with van der Waals surface area (Å²) in [4.78, 5) is 1.25. The highest BCUT2D eigenvalue weighted by Crippen LogP contribution is 2.25. The molecule has 0 radical (unpaired) electrons. The lowest BCUT2D eigenvalue weighted by molar-refractivity contribution is 0.317. The Bertz CT molecular complexity index is 501. The predicted molar refractivity (Wildman–Crippen MR) is 80.9 cm³/mol. The second-order valence-corrected chi connectivity index (χ2v) is 8.38. The first-order valence-corrected chi connectivity index (χ1v) is 8.84. The van der Waals surface area contributed by atoms with Crippen molar-refractivity contribution in [2.24, 2.45) is 5.41 Å². The van der Waals surface area contributed by atoms with Gasteiger partial charge in [0.1, 0.15) is 0 Å². The van der Waals surface area contributed by atoms with Gasteiger partial charge in [-0.05, 0) is 30.3 Å². The SMILES string of the molecule is CCNCc1sccc1S(=O)(=O)NC(C)C(C)(C)C. The lowest BCUT2D eigenvalue weighted by atomic mass is 9.89. The third-order valence-electron chi connectivity index (χ3n) is 3.16. The van der Waals surface area contributed by atoms with Crippen LogP contribution >= 0.6 is 11.3 Å². The molecule has 1 aromatic rings. The largest absolute Gasteiger partial charge is 0.312 e. The Morgan fingerprint density at radius 2 is 2.00 bits per heavy atom. The van der Waals surface area contributed by atoms with Gasteiger partial charge in [-0.2, -0.15) is 0 Å². The number of hydrogen-bond donors (Lipinski definition) is 2. The third kappa shape index (κ3) is 4.56. The molecule has 0 aliphatic carbocycles. The van der Waals surface area contributed by atoms with E-state index in [9.17, 15) is 8.42 Å². The van der Waals surface area contributed by atoms with E-state index in [1.165, 1.54) is 11.3 Å². The van der Waals surface area contributed by atoms with Crippen molar-refractivity contribution in [3.05, 3.63) is 16.3 Å². The quantitative estimate of drug-likeness (QED) is 0.849. The highest BCUT2D eigenvalue weighted by atomic mass is 32.2. The molecule has 2 N–H and O–H groups in total. The topological polar surface area (TPSA) is 58.2 Å². The van der Waals surface area contributed by atoms with Gasteiger partial charge in [-0.1, -0.05) is 27.7 Å². The van der Waals surface area contributed by atoms with Gasteiger partial charge in [-0.25, -0.2) is 13.1 Å². The summed E-state index contributed by atoms with van der Waals surface area (Å²) in [5, 5.41) is 4.99. The van der Waals surface area contributed by atoms with Gasteiger partial charge in [-0.3, -0.25) is 0 Å². The van der Waals surface area contributed by atoms with Crippen LogP contribution in [-0.2, 0) is 16.6 Å². The van der Waals surface area contributed by atoms with E-state index >= 15 is 0 Å². The Morgan fingerprint density at radius 3 is 2.53 bits per heavy atom. The maximum absolute atomic E-state index is 12.4. The van der Waals surface area contributed by atoms with Crippen LogP contribution in [0.4, 0.5) is 0 Å². The van der Waals surface area contributed by atoms with Crippen molar-refractivity contribution in [3.63, 3.8) is 0 Å². The molecular formula is C13H24N2O2S2. The molecule has 0 aliphatic rings. The van der Waals surface area contributed by atoms with Crippen LogP contribution in [0.1, 0.15) is 39.5 Å². The standard InChI is InChI=1S/C13H24N2O2S2/c1-6-14-9-11-12(7-8-18-11)19(16,17)15-10(2)13(3,4)5/h7-8,10,14-15H,6,9H2,1-5H3. The molecular weight excluding hydrogens is 280 g/mol. The van der Waals surface area contributed by atoms with Crippen molar-refractivity contribution in [2.75, 3.05) is 6.54 Å². The number of hydrogen-bond acceptors (Lipinski definition) is 4. The summed E-state index contributed by atoms with van der Waals surface area (Å²) < 4.78 is 27.6. The van der Waals surface area contributed by atoms with Crippen molar-refractivity contribution in [2.45, 2.75) is 52.1 Å². The fourth-order valence-corrected chi connectivity index (χ4v) is 4.27. The van der Waals surface area contributed by atoms with Crippen molar-refractivity contribution < 1.29 is 8.42 Å². The molecule has 0 saturated heterocycles. The molecule has 1 unspecified atom stereocenters. The molecule has 0 amide bonds. The second-order valence-electron chi connectivity index (χ2n) is 5.70. The Balaban J connectivity index is 2.92. The maximum Gasteiger partial charge on any atom is 0.241 e. The van der Waals surface area contributed by atoms with Crippen molar-refractivity contribution >= 4 is 21.4 Å². The average molecular weight is 304 g/mol. The fraction of sp³-hybridized carbons (Fsp3) is 0.692. The summed E-state index contributed by atoms with van der Waals surface area (Å²) in [5.74, 6) is 0. The average Bonchev–Trinajstić information content (AvgIpc) is 2.73. The van der Waals surface area contributed by atoms with Gasteiger partial charge in [-0.15, -0.1) is 11.3 Å². The number of nitrogens with one attached hydrogen (secondary N) is 2. The van der Waals surface area contributed by atoms with E-state index in [0.717, 1.165) is 11.4 Å². The summed E-state index contributed by atoms with van der Waals surface area (Å²) in [7, 11) is -3.44. The molecule has 19 heavy (non-hydrogen) atoms. The minimum atomic E-state index is -3.44. The van der Waals surface area contributed by atoms with Crippen molar-refractivity contribution in [3.8, 4) is 0 Å². The fourth-order valence-electron chi connectivity index (χ4n) is 1.41. The van der Waals surface area contributed by atoms with Crippen LogP contribution in [0.5, 0.6) is 0 Å². The molecule has 0 spiro atoms. The minimum Gasteiger partial charge on any atom is -0.312 e. The first-order chi connectivity index (χ1) is 8.68. The van der Waals surface area contributed by atoms with E-state index in [-0.39, 0.29) is 11.5 Å². The molecule has 6 heteroatoms. The van der Waals surface area contributed by atoms with Gasteiger partial charge >= 0.3 is 0 Å². The number of thiophene rings is 1. The van der Waals surface area contributed by atoms with Gasteiger partial charge < -0.3 is 5.32 Å². The zero-order valence-electron chi connectivity index (χ0n) is 12.3. The van der Waals surface area contributed by atoms with E-state index < -0.39 is 10.0 Å². The maximum atomic E-state index is 12.4. The summed E-state index contributed by atoms with van der Waals surface area (Å²) in [6.07, 6.45) is 0. The summed E-state index contributed by atoms with van der Waals surface area (Å²) in [6.45, 7) is 11.4. The van der Waals surface area contributed by atoms with E-state index in [2.05, 4.69) is 10.0 Å². The first-order valence-electron chi connectivity index (χ1n) is 6.48. The van der Waals surface area contributed by atoms with E-state index in [0.29, 0.717) is 11.4 Å². The summed E-state index contributed by atoms with van der Waals surface area (Å²) in [6, 6.07) is 1.55. The van der Waals surface area contributed by atoms with Crippen LogP contribution < -0.4 is 10.0 Å². The first kappa shape index (κ1) is 16.6. The third-order valence-corrected chi connectivity index (χ3v) is 5.84. The Morgan fingerprint density at radius 1 is 1.37 bits per heavy atom. The van der Waals surface area contributed by atoms with Gasteiger partial charge in [0.15, 0.2) is 0 Å².